The van der Waals surface area contributed by atoms with Gasteiger partial charge >= 0.3 is 5.97 Å². The van der Waals surface area contributed by atoms with E-state index in [1.54, 1.807) is 12.1 Å². The summed E-state index contributed by atoms with van der Waals surface area (Å²) in [5.41, 5.74) is 0.937. The smallest absolute Gasteiger partial charge is 0.340 e. The van der Waals surface area contributed by atoms with Gasteiger partial charge in [-0.1, -0.05) is 34.8 Å². The highest BCUT2D eigenvalue weighted by Gasteiger charge is 2.16. The fourth-order valence-electron chi connectivity index (χ4n) is 2.44. The zero-order chi connectivity index (χ0) is 21.0. The van der Waals surface area contributed by atoms with Crippen LogP contribution in [0.2, 0.25) is 15.1 Å². The summed E-state index contributed by atoms with van der Waals surface area (Å²) in [6, 6.07) is 12.2. The van der Waals surface area contributed by atoms with E-state index in [9.17, 15) is 14.4 Å². The lowest BCUT2D eigenvalue weighted by Crippen LogP contribution is -2.21. The molecule has 0 aliphatic carbocycles. The fraction of sp³-hybridized carbons (Fsp3) is 0.0500. The topological polar surface area (TPSA) is 85.6 Å². The Hall–Kier alpha value is -2.80. The van der Waals surface area contributed by atoms with Gasteiger partial charge in [0.15, 0.2) is 18.7 Å². The number of carbonyl (C=O) groups excluding carboxylic acids is 3. The van der Waals surface area contributed by atoms with E-state index in [1.165, 1.54) is 36.4 Å². The second-order valence-electron chi connectivity index (χ2n) is 5.80. The summed E-state index contributed by atoms with van der Waals surface area (Å²) in [5.74, 6) is -0.839. The Labute approximate surface area is 180 Å². The Morgan fingerprint density at radius 1 is 1.00 bits per heavy atom. The third-order valence-electron chi connectivity index (χ3n) is 3.69. The molecule has 0 aliphatic heterocycles. The lowest BCUT2D eigenvalue weighted by atomic mass is 10.1. The summed E-state index contributed by atoms with van der Waals surface area (Å²) in [7, 11) is 0. The highest BCUT2D eigenvalue weighted by Crippen LogP contribution is 2.27. The van der Waals surface area contributed by atoms with Gasteiger partial charge in [0.25, 0.3) is 5.91 Å². The highest BCUT2D eigenvalue weighted by molar-refractivity contribution is 6.35. The summed E-state index contributed by atoms with van der Waals surface area (Å²) in [6.45, 7) is -0.542. The maximum Gasteiger partial charge on any atom is 0.340 e. The van der Waals surface area contributed by atoms with Gasteiger partial charge in [-0.3, -0.25) is 9.59 Å². The van der Waals surface area contributed by atoms with Crippen LogP contribution in [0.5, 0.6) is 0 Å². The summed E-state index contributed by atoms with van der Waals surface area (Å²) < 4.78 is 10.4. The number of hydrogen-bond donors (Lipinski definition) is 1. The van der Waals surface area contributed by atoms with Gasteiger partial charge in [0, 0.05) is 21.3 Å². The Bertz CT molecular complexity index is 1070. The maximum atomic E-state index is 12.4. The van der Waals surface area contributed by atoms with Gasteiger partial charge in [-0.15, -0.1) is 0 Å². The first kappa shape index (κ1) is 20.9. The van der Waals surface area contributed by atoms with E-state index in [2.05, 4.69) is 5.32 Å². The monoisotopic (exact) mass is 451 g/mol. The molecule has 148 valence electrons. The van der Waals surface area contributed by atoms with E-state index in [1.807, 2.05) is 0 Å². The van der Waals surface area contributed by atoms with Crippen LogP contribution in [0.1, 0.15) is 20.9 Å². The molecule has 1 aromatic heterocycles. The van der Waals surface area contributed by atoms with Crippen LogP contribution in [-0.2, 0) is 9.53 Å². The molecule has 0 aliphatic rings. The highest BCUT2D eigenvalue weighted by atomic mass is 35.5. The quantitative estimate of drug-likeness (QED) is 0.393. The molecule has 0 unspecified atom stereocenters. The summed E-state index contributed by atoms with van der Waals surface area (Å²) in [6.07, 6.45) is 0.570. The van der Waals surface area contributed by atoms with Crippen LogP contribution in [0.25, 0.3) is 11.3 Å². The number of furan rings is 1. The number of hydrogen-bond acceptors (Lipinski definition) is 5. The molecule has 3 rings (SSSR count). The number of rotatable bonds is 6. The van der Waals surface area contributed by atoms with Crippen LogP contribution in [0.4, 0.5) is 5.69 Å². The lowest BCUT2D eigenvalue weighted by molar-refractivity contribution is -0.119. The van der Waals surface area contributed by atoms with E-state index in [0.29, 0.717) is 33.3 Å². The first-order chi connectivity index (χ1) is 13.9. The van der Waals surface area contributed by atoms with Crippen LogP contribution in [0.3, 0.4) is 0 Å². The molecule has 9 heteroatoms. The summed E-state index contributed by atoms with van der Waals surface area (Å²) in [4.78, 5) is 35.1. The molecule has 1 heterocycles. The van der Waals surface area contributed by atoms with Crippen molar-refractivity contribution in [2.75, 3.05) is 11.9 Å². The second kappa shape index (κ2) is 9.13. The molecule has 0 atom stereocenters. The number of esters is 1. The minimum absolute atomic E-state index is 0.0480. The van der Waals surface area contributed by atoms with E-state index in [0.717, 1.165) is 0 Å². The lowest BCUT2D eigenvalue weighted by Gasteiger charge is -2.09. The van der Waals surface area contributed by atoms with Crippen LogP contribution in [0.15, 0.2) is 52.9 Å². The third-order valence-corrected chi connectivity index (χ3v) is 4.46. The van der Waals surface area contributed by atoms with Gasteiger partial charge in [0.05, 0.1) is 10.6 Å². The van der Waals surface area contributed by atoms with Crippen LogP contribution < -0.4 is 5.32 Å². The molecule has 0 fully saturated rings. The number of aldehydes is 1. The normalized spacial score (nSPS) is 10.4. The van der Waals surface area contributed by atoms with Crippen molar-refractivity contribution in [3.63, 3.8) is 0 Å². The number of carbonyl (C=O) groups is 3. The average molecular weight is 453 g/mol. The predicted molar refractivity (Wildman–Crippen MR) is 110 cm³/mol. The van der Waals surface area contributed by atoms with Crippen molar-refractivity contribution in [3.05, 3.63) is 74.9 Å². The van der Waals surface area contributed by atoms with E-state index in [-0.39, 0.29) is 16.3 Å². The number of anilines is 1. The van der Waals surface area contributed by atoms with Crippen molar-refractivity contribution in [2.45, 2.75) is 0 Å². The molecule has 2 aromatic carbocycles. The van der Waals surface area contributed by atoms with Gasteiger partial charge in [0.2, 0.25) is 0 Å². The molecule has 0 radical (unpaired) electrons. The molecule has 0 saturated heterocycles. The van der Waals surface area contributed by atoms with Crippen molar-refractivity contribution in [2.24, 2.45) is 0 Å². The minimum atomic E-state index is -0.793. The Morgan fingerprint density at radius 3 is 2.38 bits per heavy atom. The first-order valence-electron chi connectivity index (χ1n) is 8.13. The first-order valence-corrected chi connectivity index (χ1v) is 9.27. The van der Waals surface area contributed by atoms with Gasteiger partial charge in [-0.25, -0.2) is 4.79 Å². The molecule has 0 spiro atoms. The SMILES string of the molecule is O=Cc1ccc(-c2ccc(Cl)c(C(=O)OCC(=O)Nc3cc(Cl)cc(Cl)c3)c2)o1. The number of ether oxygens (including phenoxy) is 1. The van der Waals surface area contributed by atoms with E-state index in [4.69, 9.17) is 44.0 Å². The molecule has 6 nitrogen and oxygen atoms in total. The van der Waals surface area contributed by atoms with Gasteiger partial charge < -0.3 is 14.5 Å². The Balaban J connectivity index is 1.67. The maximum absolute atomic E-state index is 12.4. The predicted octanol–water partition coefficient (Wildman–Crippen LogP) is 5.51. The summed E-state index contributed by atoms with van der Waals surface area (Å²) >= 11 is 17.8. The Kier molecular flexibility index (Phi) is 6.59. The zero-order valence-electron chi connectivity index (χ0n) is 14.6. The molecule has 0 saturated carbocycles. The molecule has 0 bridgehead atoms. The molecule has 1 amide bonds. The van der Waals surface area contributed by atoms with E-state index >= 15 is 0 Å². The average Bonchev–Trinajstić information content (AvgIpc) is 3.15. The van der Waals surface area contributed by atoms with E-state index < -0.39 is 18.5 Å². The molecular formula is C20H12Cl3NO5. The number of benzene rings is 2. The van der Waals surface area contributed by atoms with Gasteiger partial charge in [-0.05, 0) is 48.5 Å². The van der Waals surface area contributed by atoms with Crippen molar-refractivity contribution >= 4 is 58.7 Å². The molecule has 1 N–H and O–H groups in total. The third kappa shape index (κ3) is 5.38. The fourth-order valence-corrected chi connectivity index (χ4v) is 3.16. The molecular weight excluding hydrogens is 441 g/mol. The zero-order valence-corrected chi connectivity index (χ0v) is 16.8. The minimum Gasteiger partial charge on any atom is -0.453 e. The Morgan fingerprint density at radius 2 is 1.72 bits per heavy atom. The van der Waals surface area contributed by atoms with Gasteiger partial charge in [-0.2, -0.15) is 0 Å². The second-order valence-corrected chi connectivity index (χ2v) is 7.08. The number of amides is 1. The summed E-state index contributed by atoms with van der Waals surface area (Å²) in [5, 5.41) is 3.37. The van der Waals surface area contributed by atoms with Crippen molar-refractivity contribution in [3.8, 4) is 11.3 Å². The standard InChI is InChI=1S/C20H12Cl3NO5/c21-12-6-13(22)8-14(7-12)24-19(26)10-28-20(27)16-5-11(1-3-17(16)23)18-4-2-15(9-25)29-18/h1-9H,10H2,(H,24,26). The molecule has 3 aromatic rings. The molecule has 29 heavy (non-hydrogen) atoms. The van der Waals surface area contributed by atoms with Crippen molar-refractivity contribution < 1.29 is 23.5 Å². The van der Waals surface area contributed by atoms with Gasteiger partial charge in [0.1, 0.15) is 5.76 Å². The van der Waals surface area contributed by atoms with Crippen LogP contribution in [0, 0.1) is 0 Å². The van der Waals surface area contributed by atoms with Crippen LogP contribution >= 0.6 is 34.8 Å². The number of nitrogens with one attached hydrogen (secondary N) is 1. The van der Waals surface area contributed by atoms with Crippen molar-refractivity contribution in [1.82, 2.24) is 0 Å². The van der Waals surface area contributed by atoms with Crippen LogP contribution in [-0.4, -0.2) is 24.8 Å². The number of halogens is 3. The van der Waals surface area contributed by atoms with Crippen molar-refractivity contribution in [1.29, 1.82) is 0 Å². The largest absolute Gasteiger partial charge is 0.453 e.